The number of ether oxygens (including phenoxy) is 1. The number of halogens is 1. The van der Waals surface area contributed by atoms with Crippen LogP contribution in [0.15, 0.2) is 47.3 Å². The van der Waals surface area contributed by atoms with Gasteiger partial charge in [-0.05, 0) is 18.2 Å². The molecular formula is C15H11FN2O2. The molecule has 100 valence electrons. The molecule has 0 aliphatic heterocycles. The Labute approximate surface area is 113 Å². The lowest BCUT2D eigenvalue weighted by atomic mass is 10.0. The number of H-pyrrole nitrogens is 1. The maximum Gasteiger partial charge on any atom is 0.272 e. The number of rotatable bonds is 2. The second-order valence-corrected chi connectivity index (χ2v) is 4.29. The molecule has 0 saturated carbocycles. The molecule has 0 saturated heterocycles. The van der Waals surface area contributed by atoms with Gasteiger partial charge in [0, 0.05) is 17.0 Å². The van der Waals surface area contributed by atoms with Crippen LogP contribution < -0.4 is 10.3 Å². The Morgan fingerprint density at radius 1 is 1.15 bits per heavy atom. The summed E-state index contributed by atoms with van der Waals surface area (Å²) < 4.78 is 19.1. The molecule has 4 nitrogen and oxygen atoms in total. The van der Waals surface area contributed by atoms with Gasteiger partial charge in [-0.15, -0.1) is 0 Å². The van der Waals surface area contributed by atoms with E-state index in [2.05, 4.69) is 10.2 Å². The molecule has 2 aromatic carbocycles. The number of fused-ring (bicyclic) bond motifs is 1. The SMILES string of the molecule is COc1ccc(-c2n[nH]c(=O)c3ccccc23)c(F)c1. The molecule has 0 aliphatic rings. The van der Waals surface area contributed by atoms with Gasteiger partial charge in [-0.25, -0.2) is 9.49 Å². The largest absolute Gasteiger partial charge is 0.497 e. The maximum absolute atomic E-state index is 14.1. The highest BCUT2D eigenvalue weighted by molar-refractivity contribution is 5.93. The molecule has 0 aliphatic carbocycles. The smallest absolute Gasteiger partial charge is 0.272 e. The zero-order valence-electron chi connectivity index (χ0n) is 10.7. The monoisotopic (exact) mass is 270 g/mol. The Bertz CT molecular complexity index is 843. The highest BCUT2D eigenvalue weighted by Gasteiger charge is 2.12. The minimum absolute atomic E-state index is 0.293. The second kappa shape index (κ2) is 4.77. The Hall–Kier alpha value is -2.69. The first-order valence-corrected chi connectivity index (χ1v) is 6.02. The Morgan fingerprint density at radius 3 is 2.60 bits per heavy atom. The number of nitrogens with one attached hydrogen (secondary N) is 1. The number of nitrogens with zero attached hydrogens (tertiary/aromatic N) is 1. The first kappa shape index (κ1) is 12.3. The number of methoxy groups -OCH3 is 1. The molecule has 0 spiro atoms. The summed E-state index contributed by atoms with van der Waals surface area (Å²) in [6.45, 7) is 0. The third-order valence-corrected chi connectivity index (χ3v) is 3.13. The van der Waals surface area contributed by atoms with E-state index < -0.39 is 5.82 Å². The first-order valence-electron chi connectivity index (χ1n) is 6.02. The third-order valence-electron chi connectivity index (χ3n) is 3.13. The third kappa shape index (κ3) is 1.93. The van der Waals surface area contributed by atoms with E-state index in [1.165, 1.54) is 13.2 Å². The van der Waals surface area contributed by atoms with Crippen LogP contribution in [0.4, 0.5) is 4.39 Å². The molecule has 20 heavy (non-hydrogen) atoms. The van der Waals surface area contributed by atoms with Crippen LogP contribution in [0.2, 0.25) is 0 Å². The fraction of sp³-hybridized carbons (Fsp3) is 0.0667. The minimum Gasteiger partial charge on any atom is -0.497 e. The summed E-state index contributed by atoms with van der Waals surface area (Å²) in [6, 6.07) is 11.5. The molecule has 3 rings (SSSR count). The molecule has 1 N–H and O–H groups in total. The van der Waals surface area contributed by atoms with E-state index in [-0.39, 0.29) is 5.56 Å². The molecular weight excluding hydrogens is 259 g/mol. The van der Waals surface area contributed by atoms with Gasteiger partial charge in [-0.1, -0.05) is 18.2 Å². The van der Waals surface area contributed by atoms with E-state index >= 15 is 0 Å². The van der Waals surface area contributed by atoms with Gasteiger partial charge in [0.05, 0.1) is 12.5 Å². The van der Waals surface area contributed by atoms with Crippen molar-refractivity contribution in [3.63, 3.8) is 0 Å². The van der Waals surface area contributed by atoms with Gasteiger partial charge < -0.3 is 4.74 Å². The van der Waals surface area contributed by atoms with Crippen molar-refractivity contribution >= 4 is 10.8 Å². The van der Waals surface area contributed by atoms with Gasteiger partial charge in [0.25, 0.3) is 5.56 Å². The van der Waals surface area contributed by atoms with Crippen molar-refractivity contribution < 1.29 is 9.13 Å². The lowest BCUT2D eigenvalue weighted by Gasteiger charge is -2.07. The minimum atomic E-state index is -0.450. The van der Waals surface area contributed by atoms with E-state index in [1.54, 1.807) is 36.4 Å². The zero-order chi connectivity index (χ0) is 14.1. The van der Waals surface area contributed by atoms with Gasteiger partial charge in [0.1, 0.15) is 17.3 Å². The summed E-state index contributed by atoms with van der Waals surface area (Å²) in [6.07, 6.45) is 0. The van der Waals surface area contributed by atoms with Crippen LogP contribution in [0, 0.1) is 5.82 Å². The molecule has 3 aromatic rings. The number of hydrogen-bond acceptors (Lipinski definition) is 3. The summed E-state index contributed by atoms with van der Waals surface area (Å²) in [5.41, 5.74) is 0.428. The highest BCUT2D eigenvalue weighted by Crippen LogP contribution is 2.28. The van der Waals surface area contributed by atoms with Gasteiger partial charge in [-0.3, -0.25) is 4.79 Å². The molecule has 0 fully saturated rings. The Kier molecular flexibility index (Phi) is 2.95. The molecule has 1 heterocycles. The fourth-order valence-electron chi connectivity index (χ4n) is 2.13. The van der Waals surface area contributed by atoms with E-state index in [4.69, 9.17) is 4.74 Å². The lowest BCUT2D eigenvalue weighted by Crippen LogP contribution is -2.09. The summed E-state index contributed by atoms with van der Waals surface area (Å²) in [4.78, 5) is 11.7. The second-order valence-electron chi connectivity index (χ2n) is 4.29. The van der Waals surface area contributed by atoms with Crippen molar-refractivity contribution in [2.24, 2.45) is 0 Å². The average molecular weight is 270 g/mol. The van der Waals surface area contributed by atoms with Gasteiger partial charge in [0.15, 0.2) is 0 Å². The molecule has 0 radical (unpaired) electrons. The van der Waals surface area contributed by atoms with Crippen LogP contribution in [-0.4, -0.2) is 17.3 Å². The molecule has 0 atom stereocenters. The van der Waals surface area contributed by atoms with Gasteiger partial charge in [-0.2, -0.15) is 5.10 Å². The number of hydrogen-bond donors (Lipinski definition) is 1. The average Bonchev–Trinajstić information content (AvgIpc) is 2.48. The van der Waals surface area contributed by atoms with Crippen molar-refractivity contribution in [2.45, 2.75) is 0 Å². The van der Waals surface area contributed by atoms with Crippen molar-refractivity contribution in [2.75, 3.05) is 7.11 Å². The zero-order valence-corrected chi connectivity index (χ0v) is 10.7. The van der Waals surface area contributed by atoms with Crippen LogP contribution in [0.5, 0.6) is 5.75 Å². The van der Waals surface area contributed by atoms with Gasteiger partial charge in [0.2, 0.25) is 0 Å². The van der Waals surface area contributed by atoms with E-state index in [0.717, 1.165) is 0 Å². The molecule has 0 bridgehead atoms. The van der Waals surface area contributed by atoms with E-state index in [1.807, 2.05) is 0 Å². The lowest BCUT2D eigenvalue weighted by molar-refractivity contribution is 0.411. The Balaban J connectivity index is 2.30. The topological polar surface area (TPSA) is 55.0 Å². The predicted octanol–water partition coefficient (Wildman–Crippen LogP) is 2.74. The molecule has 5 heteroatoms. The summed E-state index contributed by atoms with van der Waals surface area (Å²) in [7, 11) is 1.47. The van der Waals surface area contributed by atoms with Crippen molar-refractivity contribution in [1.82, 2.24) is 10.2 Å². The van der Waals surface area contributed by atoms with Crippen LogP contribution in [0.3, 0.4) is 0 Å². The predicted molar refractivity (Wildman–Crippen MR) is 74.3 cm³/mol. The van der Waals surface area contributed by atoms with Crippen molar-refractivity contribution in [3.8, 4) is 17.0 Å². The van der Waals surface area contributed by atoms with Crippen molar-refractivity contribution in [3.05, 3.63) is 58.6 Å². The Morgan fingerprint density at radius 2 is 1.90 bits per heavy atom. The number of aromatic nitrogens is 2. The first-order chi connectivity index (χ1) is 9.70. The molecule has 0 amide bonds. The van der Waals surface area contributed by atoms with Crippen LogP contribution in [0.1, 0.15) is 0 Å². The van der Waals surface area contributed by atoms with Crippen LogP contribution in [0.25, 0.3) is 22.0 Å². The van der Waals surface area contributed by atoms with Crippen LogP contribution >= 0.6 is 0 Å². The van der Waals surface area contributed by atoms with Crippen molar-refractivity contribution in [1.29, 1.82) is 0 Å². The summed E-state index contributed by atoms with van der Waals surface area (Å²) in [5.74, 6) is -0.0194. The summed E-state index contributed by atoms with van der Waals surface area (Å²) in [5, 5.41) is 7.46. The van der Waals surface area contributed by atoms with E-state index in [0.29, 0.717) is 27.8 Å². The highest BCUT2D eigenvalue weighted by atomic mass is 19.1. The number of benzene rings is 2. The number of aromatic amines is 1. The van der Waals surface area contributed by atoms with E-state index in [9.17, 15) is 9.18 Å². The fourth-order valence-corrected chi connectivity index (χ4v) is 2.13. The standard InChI is InChI=1S/C15H11FN2O2/c1-20-9-6-7-12(13(16)8-9)14-10-4-2-3-5-11(10)15(19)18-17-14/h2-8H,1H3,(H,18,19). The molecule has 1 aromatic heterocycles. The normalized spacial score (nSPS) is 10.7. The quantitative estimate of drug-likeness (QED) is 0.779. The maximum atomic E-state index is 14.1. The summed E-state index contributed by atoms with van der Waals surface area (Å²) >= 11 is 0. The van der Waals surface area contributed by atoms with Crippen LogP contribution in [-0.2, 0) is 0 Å². The molecule has 0 unspecified atom stereocenters. The van der Waals surface area contributed by atoms with Gasteiger partial charge >= 0.3 is 0 Å².